The summed E-state index contributed by atoms with van der Waals surface area (Å²) in [5.41, 5.74) is -0.0526. The SMILES string of the molecule is CC(=O)O[C@@H]1[C@H](C)[C@H]2[C@@H](O[C@H]3O[C@@H](CO)[C@@H](O)[C@@H](O)[C@H]3O)OC=C(C(=O)O)[C@@H]2[C@@H]1OC(=O)c1ccccc1. The number of hydrogen-bond donors (Lipinski definition) is 5. The van der Waals surface area contributed by atoms with E-state index in [1.54, 1.807) is 25.1 Å². The second kappa shape index (κ2) is 11.4. The summed E-state index contributed by atoms with van der Waals surface area (Å²) in [5, 5.41) is 50.0. The summed E-state index contributed by atoms with van der Waals surface area (Å²) < 4.78 is 28.0. The zero-order chi connectivity index (χ0) is 27.7. The fourth-order valence-electron chi connectivity index (χ4n) is 5.28. The van der Waals surface area contributed by atoms with E-state index < -0.39 is 91.5 Å². The minimum atomic E-state index is -1.74. The minimum absolute atomic E-state index is 0.201. The molecule has 2 heterocycles. The summed E-state index contributed by atoms with van der Waals surface area (Å²) in [5.74, 6) is -5.45. The molecule has 2 fully saturated rings. The first-order valence-corrected chi connectivity index (χ1v) is 12.0. The lowest BCUT2D eigenvalue weighted by molar-refractivity contribution is -0.343. The molecule has 11 atom stereocenters. The Bertz CT molecular complexity index is 1060. The van der Waals surface area contributed by atoms with Gasteiger partial charge in [0.25, 0.3) is 0 Å². The van der Waals surface area contributed by atoms with Gasteiger partial charge < -0.3 is 49.2 Å². The van der Waals surface area contributed by atoms with Crippen molar-refractivity contribution in [2.24, 2.45) is 17.8 Å². The molecular weight excluding hydrogens is 508 g/mol. The number of fused-ring (bicyclic) bond motifs is 1. The van der Waals surface area contributed by atoms with E-state index in [-0.39, 0.29) is 11.1 Å². The van der Waals surface area contributed by atoms with E-state index in [9.17, 15) is 39.9 Å². The van der Waals surface area contributed by atoms with Gasteiger partial charge in [-0.15, -0.1) is 0 Å². The molecular formula is C25H30O13. The Morgan fingerprint density at radius 1 is 0.947 bits per heavy atom. The number of carboxylic acids is 1. The van der Waals surface area contributed by atoms with Gasteiger partial charge in [-0.1, -0.05) is 25.1 Å². The van der Waals surface area contributed by atoms with Crippen molar-refractivity contribution in [2.45, 2.75) is 63.1 Å². The van der Waals surface area contributed by atoms with Gasteiger partial charge in [-0.2, -0.15) is 0 Å². The maximum absolute atomic E-state index is 12.9. The van der Waals surface area contributed by atoms with Gasteiger partial charge in [0.05, 0.1) is 24.0 Å². The van der Waals surface area contributed by atoms with Gasteiger partial charge >= 0.3 is 17.9 Å². The molecule has 0 radical (unpaired) electrons. The number of aliphatic hydroxyl groups excluding tert-OH is 4. The standard InChI is InChI=1S/C25H30O13/c1-10-15-16(21(20(10)35-11(2)27)37-23(33)12-6-4-3-5-7-12)13(22(31)32)9-34-24(15)38-25-19(30)18(29)17(28)14(8-26)36-25/h3-7,9-10,14-21,24-26,28-30H,8H2,1-2H3,(H,31,32)/t10-,14+,15-,16+,17-,18-,19-,20-,21+,24-,25-/m1/s1. The highest BCUT2D eigenvalue weighted by Gasteiger charge is 2.61. The van der Waals surface area contributed by atoms with Crippen LogP contribution in [0.3, 0.4) is 0 Å². The second-order valence-corrected chi connectivity index (χ2v) is 9.49. The number of benzene rings is 1. The molecule has 2 aliphatic heterocycles. The van der Waals surface area contributed by atoms with Crippen LogP contribution in [-0.4, -0.2) is 99.3 Å². The number of hydrogen-bond acceptors (Lipinski definition) is 12. The normalized spacial score (nSPS) is 38.4. The van der Waals surface area contributed by atoms with Crippen LogP contribution in [0.25, 0.3) is 0 Å². The van der Waals surface area contributed by atoms with Gasteiger partial charge in [0.1, 0.15) is 36.6 Å². The van der Waals surface area contributed by atoms with Crippen LogP contribution < -0.4 is 0 Å². The molecule has 0 unspecified atom stereocenters. The molecule has 1 saturated heterocycles. The third kappa shape index (κ3) is 5.25. The Balaban J connectivity index is 1.67. The molecule has 0 aromatic heterocycles. The third-order valence-electron chi connectivity index (χ3n) is 7.14. The molecule has 13 heteroatoms. The average molecular weight is 539 g/mol. The predicted molar refractivity (Wildman–Crippen MR) is 123 cm³/mol. The number of carbonyl (C=O) groups excluding carboxylic acids is 2. The van der Waals surface area contributed by atoms with Crippen molar-refractivity contribution in [3.63, 3.8) is 0 Å². The second-order valence-electron chi connectivity index (χ2n) is 9.49. The first-order chi connectivity index (χ1) is 18.0. The molecule has 1 aromatic carbocycles. The van der Waals surface area contributed by atoms with Gasteiger partial charge in [0, 0.05) is 24.7 Å². The minimum Gasteiger partial charge on any atom is -0.478 e. The van der Waals surface area contributed by atoms with Crippen LogP contribution in [0.4, 0.5) is 0 Å². The number of aliphatic carboxylic acids is 1. The molecule has 1 saturated carbocycles. The van der Waals surface area contributed by atoms with E-state index in [0.29, 0.717) is 0 Å². The smallest absolute Gasteiger partial charge is 0.338 e. The maximum atomic E-state index is 12.9. The van der Waals surface area contributed by atoms with Crippen molar-refractivity contribution in [3.05, 3.63) is 47.7 Å². The summed E-state index contributed by atoms with van der Waals surface area (Å²) in [4.78, 5) is 37.1. The van der Waals surface area contributed by atoms with Gasteiger partial charge in [-0.05, 0) is 12.1 Å². The van der Waals surface area contributed by atoms with Gasteiger partial charge in [0.15, 0.2) is 6.29 Å². The van der Waals surface area contributed by atoms with E-state index >= 15 is 0 Å². The Labute approximate surface area is 217 Å². The third-order valence-corrected chi connectivity index (χ3v) is 7.14. The van der Waals surface area contributed by atoms with Crippen LogP contribution in [0.2, 0.25) is 0 Å². The Morgan fingerprint density at radius 3 is 2.24 bits per heavy atom. The van der Waals surface area contributed by atoms with Crippen molar-refractivity contribution in [1.29, 1.82) is 0 Å². The molecule has 0 spiro atoms. The fourth-order valence-corrected chi connectivity index (χ4v) is 5.28. The Hall–Kier alpha value is -3.07. The molecule has 1 aromatic rings. The molecule has 208 valence electrons. The molecule has 0 bridgehead atoms. The number of carbonyl (C=O) groups is 3. The van der Waals surface area contributed by atoms with E-state index in [2.05, 4.69) is 0 Å². The van der Waals surface area contributed by atoms with Crippen molar-refractivity contribution in [3.8, 4) is 0 Å². The molecule has 3 aliphatic rings. The lowest BCUT2D eigenvalue weighted by Gasteiger charge is -2.43. The summed E-state index contributed by atoms with van der Waals surface area (Å²) >= 11 is 0. The van der Waals surface area contributed by atoms with Crippen LogP contribution >= 0.6 is 0 Å². The van der Waals surface area contributed by atoms with Crippen LogP contribution in [-0.2, 0) is 33.3 Å². The van der Waals surface area contributed by atoms with Crippen LogP contribution in [0.1, 0.15) is 24.2 Å². The van der Waals surface area contributed by atoms with Crippen molar-refractivity contribution in [1.82, 2.24) is 0 Å². The van der Waals surface area contributed by atoms with E-state index in [4.69, 9.17) is 23.7 Å². The van der Waals surface area contributed by atoms with Gasteiger partial charge in [0.2, 0.25) is 6.29 Å². The average Bonchev–Trinajstić information content (AvgIpc) is 3.15. The molecule has 13 nitrogen and oxygen atoms in total. The highest BCUT2D eigenvalue weighted by atomic mass is 16.8. The highest BCUT2D eigenvalue weighted by Crippen LogP contribution is 2.50. The Kier molecular flexibility index (Phi) is 8.35. The zero-order valence-electron chi connectivity index (χ0n) is 20.5. The summed E-state index contributed by atoms with van der Waals surface area (Å²) in [7, 11) is 0. The fraction of sp³-hybridized carbons (Fsp3) is 0.560. The molecule has 38 heavy (non-hydrogen) atoms. The van der Waals surface area contributed by atoms with Crippen LogP contribution in [0.15, 0.2) is 42.2 Å². The summed E-state index contributed by atoms with van der Waals surface area (Å²) in [6, 6.07) is 7.99. The van der Waals surface area contributed by atoms with Gasteiger partial charge in [-0.3, -0.25) is 4.79 Å². The number of rotatable bonds is 7. The Morgan fingerprint density at radius 2 is 1.63 bits per heavy atom. The largest absolute Gasteiger partial charge is 0.478 e. The van der Waals surface area contributed by atoms with Crippen molar-refractivity contribution in [2.75, 3.05) is 6.61 Å². The quantitative estimate of drug-likeness (QED) is 0.270. The lowest BCUT2D eigenvalue weighted by atomic mass is 9.82. The first-order valence-electron chi connectivity index (χ1n) is 12.0. The van der Waals surface area contributed by atoms with Crippen molar-refractivity contribution >= 4 is 17.9 Å². The molecule has 5 N–H and O–H groups in total. The highest BCUT2D eigenvalue weighted by molar-refractivity contribution is 5.90. The number of esters is 2. The van der Waals surface area contributed by atoms with E-state index in [0.717, 1.165) is 13.2 Å². The monoisotopic (exact) mass is 538 g/mol. The molecule has 1 aliphatic carbocycles. The lowest BCUT2D eigenvalue weighted by Crippen LogP contribution is -2.60. The maximum Gasteiger partial charge on any atom is 0.338 e. The van der Waals surface area contributed by atoms with Crippen molar-refractivity contribution < 1.29 is 63.6 Å². The topological polar surface area (TPSA) is 199 Å². The van der Waals surface area contributed by atoms with E-state index in [1.165, 1.54) is 12.1 Å². The number of aliphatic hydroxyl groups is 4. The first kappa shape index (κ1) is 28.0. The van der Waals surface area contributed by atoms with Crippen LogP contribution in [0, 0.1) is 17.8 Å². The predicted octanol–water partition coefficient (Wildman–Crippen LogP) is -0.833. The molecule has 0 amide bonds. The zero-order valence-corrected chi connectivity index (χ0v) is 20.5. The summed E-state index contributed by atoms with van der Waals surface area (Å²) in [6.07, 6.45) is -10.6. The van der Waals surface area contributed by atoms with Crippen LogP contribution in [0.5, 0.6) is 0 Å². The van der Waals surface area contributed by atoms with Gasteiger partial charge in [-0.25, -0.2) is 9.59 Å². The van der Waals surface area contributed by atoms with E-state index in [1.807, 2.05) is 0 Å². The summed E-state index contributed by atoms with van der Waals surface area (Å²) in [6.45, 7) is 2.12. The molecule has 4 rings (SSSR count). The number of ether oxygens (including phenoxy) is 5. The number of carboxylic acid groups (broad SMARTS) is 1.